The molecule has 264 valence electrons. The first kappa shape index (κ1) is 36.3. The zero-order chi connectivity index (χ0) is 36.1. The lowest BCUT2D eigenvalue weighted by molar-refractivity contribution is -0.141. The van der Waals surface area contributed by atoms with E-state index in [1.165, 1.54) is 0 Å². The number of esters is 2. The number of dihydropyridines is 1. The summed E-state index contributed by atoms with van der Waals surface area (Å²) in [5.74, 6) is -1.90. The molecule has 4 aromatic carbocycles. The molecule has 1 atom stereocenters. The number of carbonyl (C=O) groups excluding carboxylic acids is 2. The van der Waals surface area contributed by atoms with E-state index in [1.807, 2.05) is 91.9 Å². The van der Waals surface area contributed by atoms with Gasteiger partial charge in [0.25, 0.3) is 0 Å². The molecule has 5 aromatic rings. The average molecular weight is 713 g/mol. The molecule has 1 N–H and O–H groups in total. The first-order chi connectivity index (χ1) is 25.5. The first-order valence-electron chi connectivity index (χ1n) is 17.4. The lowest BCUT2D eigenvalue weighted by Crippen LogP contribution is -2.35. The molecular weight excluding hydrogens is 672 g/mol. The molecule has 1 aliphatic heterocycles. The minimum Gasteiger partial charge on any atom is -0.462 e. The summed E-state index contributed by atoms with van der Waals surface area (Å²) in [7, 11) is 0. The van der Waals surface area contributed by atoms with Gasteiger partial charge in [0.1, 0.15) is 6.61 Å². The topological polar surface area (TPSA) is 86.8 Å². The monoisotopic (exact) mass is 712 g/mol. The Morgan fingerprint density at radius 1 is 0.731 bits per heavy atom. The minimum atomic E-state index is -0.827. The number of pyridine rings is 1. The molecule has 0 spiro atoms. The van der Waals surface area contributed by atoms with E-state index in [9.17, 15) is 9.59 Å². The van der Waals surface area contributed by atoms with Crippen molar-refractivity contribution in [3.8, 4) is 0 Å². The smallest absolute Gasteiger partial charge is 0.337 e. The van der Waals surface area contributed by atoms with Crippen molar-refractivity contribution in [3.63, 3.8) is 0 Å². The first-order valence-corrected chi connectivity index (χ1v) is 17.8. The molecule has 0 amide bonds. The van der Waals surface area contributed by atoms with Gasteiger partial charge in [-0.1, -0.05) is 121 Å². The van der Waals surface area contributed by atoms with E-state index < -0.39 is 17.9 Å². The molecule has 0 bridgehead atoms. The lowest BCUT2D eigenvalue weighted by Gasteiger charge is -2.32. The number of rotatable bonds is 15. The van der Waals surface area contributed by atoms with Gasteiger partial charge < -0.3 is 19.5 Å². The second-order valence-electron chi connectivity index (χ2n) is 12.6. The zero-order valence-corrected chi connectivity index (χ0v) is 29.8. The van der Waals surface area contributed by atoms with Crippen LogP contribution in [0.15, 0.2) is 162 Å². The molecule has 0 saturated heterocycles. The Morgan fingerprint density at radius 3 is 2.04 bits per heavy atom. The van der Waals surface area contributed by atoms with Gasteiger partial charge in [0.15, 0.2) is 0 Å². The highest BCUT2D eigenvalue weighted by molar-refractivity contribution is 6.30. The highest BCUT2D eigenvalue weighted by atomic mass is 35.5. The molecule has 8 heteroatoms. The third kappa shape index (κ3) is 9.43. The van der Waals surface area contributed by atoms with Crippen LogP contribution in [0.2, 0.25) is 5.02 Å². The van der Waals surface area contributed by atoms with Gasteiger partial charge in [-0.3, -0.25) is 4.98 Å². The molecule has 2 heterocycles. The van der Waals surface area contributed by atoms with Gasteiger partial charge in [0, 0.05) is 29.0 Å². The fraction of sp³-hybridized carbons (Fsp3) is 0.205. The number of nitrogens with zero attached hydrogens (tertiary/aromatic N) is 1. The van der Waals surface area contributed by atoms with Crippen LogP contribution >= 0.6 is 11.6 Å². The Balaban J connectivity index is 1.28. The number of benzene rings is 4. The van der Waals surface area contributed by atoms with Crippen molar-refractivity contribution in [3.05, 3.63) is 195 Å². The number of halogens is 1. The van der Waals surface area contributed by atoms with Crippen LogP contribution in [0.25, 0.3) is 0 Å². The number of nitrogens with one attached hydrogen (secondary N) is 1. The predicted molar refractivity (Wildman–Crippen MR) is 202 cm³/mol. The van der Waals surface area contributed by atoms with Crippen molar-refractivity contribution in [1.29, 1.82) is 0 Å². The standard InChI is InChI=1S/C44H41ClN2O5/c1-31-40(43(48)51-26-23-38(34-16-7-3-8-17-34)35-18-9-4-10-19-35)41(36-20-11-21-37(45)27-36)42(44(49)52-29-33-13-5-2-6-14-33)39(47-31)30-50-25-22-32-15-12-24-46-28-32/h2-21,24,27-28,38,41,47H,22-23,25-26,29-30H2,1H3. The van der Waals surface area contributed by atoms with Gasteiger partial charge in [0.05, 0.1) is 42.6 Å². The van der Waals surface area contributed by atoms with Crippen molar-refractivity contribution in [2.75, 3.05) is 19.8 Å². The summed E-state index contributed by atoms with van der Waals surface area (Å²) in [6.07, 6.45) is 4.74. The van der Waals surface area contributed by atoms with Gasteiger partial charge in [-0.15, -0.1) is 0 Å². The summed E-state index contributed by atoms with van der Waals surface area (Å²) in [6, 6.07) is 40.9. The summed E-state index contributed by atoms with van der Waals surface area (Å²) in [4.78, 5) is 32.6. The van der Waals surface area contributed by atoms with Crippen LogP contribution < -0.4 is 5.32 Å². The maximum Gasteiger partial charge on any atom is 0.337 e. The van der Waals surface area contributed by atoms with Crippen LogP contribution in [0, 0.1) is 0 Å². The second kappa shape index (κ2) is 18.1. The van der Waals surface area contributed by atoms with Gasteiger partial charge in [-0.2, -0.15) is 0 Å². The molecular formula is C44H41ClN2O5. The molecule has 0 aliphatic carbocycles. The summed E-state index contributed by atoms with van der Waals surface area (Å²) in [5.41, 5.74) is 6.45. The second-order valence-corrected chi connectivity index (χ2v) is 13.0. The van der Waals surface area contributed by atoms with Crippen LogP contribution in [0.3, 0.4) is 0 Å². The molecule has 0 fully saturated rings. The van der Waals surface area contributed by atoms with E-state index in [0.29, 0.717) is 47.0 Å². The van der Waals surface area contributed by atoms with E-state index in [1.54, 1.807) is 30.6 Å². The SMILES string of the molecule is CC1=C(C(=O)OCCC(c2ccccc2)c2ccccc2)C(c2cccc(Cl)c2)C(C(=O)OCc2ccccc2)=C(COCCc2cccnc2)N1. The third-order valence-electron chi connectivity index (χ3n) is 9.03. The largest absolute Gasteiger partial charge is 0.462 e. The van der Waals surface area contributed by atoms with Gasteiger partial charge >= 0.3 is 11.9 Å². The van der Waals surface area contributed by atoms with Crippen LogP contribution in [-0.2, 0) is 36.8 Å². The van der Waals surface area contributed by atoms with Gasteiger partial charge in [-0.05, 0) is 65.8 Å². The Hall–Kier alpha value is -5.50. The highest BCUT2D eigenvalue weighted by Gasteiger charge is 2.39. The molecule has 6 rings (SSSR count). The Labute approximate surface area is 309 Å². The van der Waals surface area contributed by atoms with Crippen molar-refractivity contribution in [2.45, 2.75) is 38.2 Å². The fourth-order valence-corrected chi connectivity index (χ4v) is 6.69. The van der Waals surface area contributed by atoms with Gasteiger partial charge in [-0.25, -0.2) is 9.59 Å². The Morgan fingerprint density at radius 2 is 1.38 bits per heavy atom. The summed E-state index contributed by atoms with van der Waals surface area (Å²) >= 11 is 6.52. The van der Waals surface area contributed by atoms with Crippen molar-refractivity contribution in [1.82, 2.24) is 10.3 Å². The van der Waals surface area contributed by atoms with Crippen molar-refractivity contribution in [2.24, 2.45) is 0 Å². The van der Waals surface area contributed by atoms with Crippen molar-refractivity contribution < 1.29 is 23.8 Å². The Kier molecular flexibility index (Phi) is 12.7. The van der Waals surface area contributed by atoms with E-state index in [2.05, 4.69) is 34.6 Å². The van der Waals surface area contributed by atoms with Crippen LogP contribution in [0.4, 0.5) is 0 Å². The number of ether oxygens (including phenoxy) is 3. The molecule has 52 heavy (non-hydrogen) atoms. The number of hydrogen-bond acceptors (Lipinski definition) is 7. The van der Waals surface area contributed by atoms with E-state index in [0.717, 1.165) is 22.3 Å². The molecule has 0 saturated carbocycles. The molecule has 1 aliphatic rings. The lowest BCUT2D eigenvalue weighted by atomic mass is 9.80. The summed E-state index contributed by atoms with van der Waals surface area (Å²) < 4.78 is 18.1. The predicted octanol–water partition coefficient (Wildman–Crippen LogP) is 8.72. The van der Waals surface area contributed by atoms with Crippen LogP contribution in [0.5, 0.6) is 0 Å². The normalized spacial score (nSPS) is 14.2. The highest BCUT2D eigenvalue weighted by Crippen LogP contribution is 2.40. The third-order valence-corrected chi connectivity index (χ3v) is 9.26. The molecule has 7 nitrogen and oxygen atoms in total. The van der Waals surface area contributed by atoms with Crippen molar-refractivity contribution >= 4 is 23.5 Å². The number of aromatic nitrogens is 1. The number of carbonyl (C=O) groups is 2. The summed E-state index contributed by atoms with van der Waals surface area (Å²) in [6.45, 7) is 2.51. The number of allylic oxidation sites excluding steroid dienone is 1. The van der Waals surface area contributed by atoms with Crippen LogP contribution in [0.1, 0.15) is 53.0 Å². The van der Waals surface area contributed by atoms with E-state index in [4.69, 9.17) is 25.8 Å². The number of hydrogen-bond donors (Lipinski definition) is 1. The average Bonchev–Trinajstić information content (AvgIpc) is 3.18. The maximum absolute atomic E-state index is 14.2. The van der Waals surface area contributed by atoms with E-state index >= 15 is 0 Å². The van der Waals surface area contributed by atoms with Gasteiger partial charge in [0.2, 0.25) is 0 Å². The summed E-state index contributed by atoms with van der Waals surface area (Å²) in [5, 5.41) is 3.80. The Bertz CT molecular complexity index is 1960. The molecule has 0 radical (unpaired) electrons. The molecule has 1 unspecified atom stereocenters. The zero-order valence-electron chi connectivity index (χ0n) is 29.0. The van der Waals surface area contributed by atoms with Crippen LogP contribution in [-0.4, -0.2) is 36.7 Å². The minimum absolute atomic E-state index is 0.0253. The molecule has 1 aromatic heterocycles. The quantitative estimate of drug-likeness (QED) is 0.0858. The van der Waals surface area contributed by atoms with E-state index in [-0.39, 0.29) is 31.3 Å². The maximum atomic E-state index is 14.2. The fourth-order valence-electron chi connectivity index (χ4n) is 6.50.